The summed E-state index contributed by atoms with van der Waals surface area (Å²) in [4.78, 5) is 1.40. The van der Waals surface area contributed by atoms with E-state index in [9.17, 15) is 0 Å². The molecule has 1 aliphatic heterocycles. The number of rotatable bonds is 4. The fraction of sp³-hybridized carbons (Fsp3) is 0.500. The van der Waals surface area contributed by atoms with Gasteiger partial charge in [-0.15, -0.1) is 11.3 Å². The summed E-state index contributed by atoms with van der Waals surface area (Å²) in [6, 6.07) is 2.09. The normalized spacial score (nSPS) is 20.1. The molecule has 0 spiro atoms. The van der Waals surface area contributed by atoms with Crippen molar-refractivity contribution in [2.75, 3.05) is 0 Å². The summed E-state index contributed by atoms with van der Waals surface area (Å²) < 4.78 is 5.07. The summed E-state index contributed by atoms with van der Waals surface area (Å²) in [5.74, 6) is 0.427. The maximum absolute atomic E-state index is 7.30. The maximum atomic E-state index is 7.30. The van der Waals surface area contributed by atoms with Gasteiger partial charge in [-0.3, -0.25) is 5.41 Å². The van der Waals surface area contributed by atoms with Crippen molar-refractivity contribution in [1.29, 1.82) is 5.41 Å². The number of hydrogen-bond acceptors (Lipinski definition) is 3. The van der Waals surface area contributed by atoms with Gasteiger partial charge in [-0.2, -0.15) is 0 Å². The summed E-state index contributed by atoms with van der Waals surface area (Å²) >= 11 is 1.78. The Morgan fingerprint density at radius 1 is 1.62 bits per heavy atom. The summed E-state index contributed by atoms with van der Waals surface area (Å²) in [7, 11) is 0. The molecule has 0 bridgehead atoms. The molecule has 0 saturated carbocycles. The average Bonchev–Trinajstić information content (AvgIpc) is 2.66. The van der Waals surface area contributed by atoms with Crippen LogP contribution in [0.25, 0.3) is 0 Å². The van der Waals surface area contributed by atoms with E-state index >= 15 is 0 Å². The third kappa shape index (κ3) is 1.75. The van der Waals surface area contributed by atoms with E-state index in [1.165, 1.54) is 23.3 Å². The fourth-order valence-electron chi connectivity index (χ4n) is 1.42. The van der Waals surface area contributed by atoms with Crippen LogP contribution in [0.1, 0.15) is 36.3 Å². The van der Waals surface area contributed by atoms with Gasteiger partial charge in [0.1, 0.15) is 0 Å². The van der Waals surface area contributed by atoms with Crippen molar-refractivity contribution in [3.05, 3.63) is 21.9 Å². The first kappa shape index (κ1) is 8.75. The van der Waals surface area contributed by atoms with Gasteiger partial charge >= 0.3 is 0 Å². The van der Waals surface area contributed by atoms with Gasteiger partial charge in [0, 0.05) is 10.4 Å². The lowest BCUT2D eigenvalue weighted by molar-refractivity contribution is 0.457. The zero-order valence-electron chi connectivity index (χ0n) is 7.67. The van der Waals surface area contributed by atoms with Gasteiger partial charge in [0.05, 0.1) is 0 Å². The predicted octanol–water partition coefficient (Wildman–Crippen LogP) is 3.14. The smallest absolute Gasteiger partial charge is 0.228 e. The topological polar surface area (TPSA) is 36.4 Å². The Hall–Kier alpha value is -0.830. The summed E-state index contributed by atoms with van der Waals surface area (Å²) in [5.41, 5.74) is 1.23. The minimum absolute atomic E-state index is 0.00175. The van der Waals surface area contributed by atoms with E-state index < -0.39 is 0 Å². The molecule has 1 unspecified atom stereocenters. The van der Waals surface area contributed by atoms with Crippen molar-refractivity contribution in [2.45, 2.75) is 32.3 Å². The molecule has 0 radical (unpaired) electrons. The van der Waals surface area contributed by atoms with Crippen LogP contribution in [0.2, 0.25) is 0 Å². The number of aryl methyl sites for hydroxylation is 1. The molecular weight excluding hydrogens is 182 g/mol. The third-order valence-corrected chi connectivity index (χ3v) is 3.24. The van der Waals surface area contributed by atoms with Gasteiger partial charge < -0.3 is 4.74 Å². The molecule has 1 fully saturated rings. The molecular formula is C10H13NOS. The molecule has 1 saturated heterocycles. The minimum atomic E-state index is -0.00175. The van der Waals surface area contributed by atoms with Crippen molar-refractivity contribution < 1.29 is 4.74 Å². The summed E-state index contributed by atoms with van der Waals surface area (Å²) in [5, 5.41) is 9.39. The molecule has 1 aromatic heterocycles. The van der Waals surface area contributed by atoms with Crippen molar-refractivity contribution in [3.63, 3.8) is 0 Å². The van der Waals surface area contributed by atoms with Crippen LogP contribution in [-0.4, -0.2) is 5.90 Å². The number of epoxide rings is 1. The summed E-state index contributed by atoms with van der Waals surface area (Å²) in [6.45, 7) is 2.20. The molecule has 2 rings (SSSR count). The highest BCUT2D eigenvalue weighted by Crippen LogP contribution is 2.37. The maximum Gasteiger partial charge on any atom is 0.228 e. The van der Waals surface area contributed by atoms with E-state index in [4.69, 9.17) is 10.1 Å². The van der Waals surface area contributed by atoms with Crippen LogP contribution in [0.4, 0.5) is 0 Å². The molecule has 2 nitrogen and oxygen atoms in total. The van der Waals surface area contributed by atoms with E-state index in [0.717, 1.165) is 6.42 Å². The van der Waals surface area contributed by atoms with Crippen molar-refractivity contribution in [1.82, 2.24) is 0 Å². The second-order valence-corrected chi connectivity index (χ2v) is 4.27. The first-order chi connectivity index (χ1) is 6.33. The monoisotopic (exact) mass is 195 g/mol. The Morgan fingerprint density at radius 2 is 2.38 bits per heavy atom. The highest BCUT2D eigenvalue weighted by molar-refractivity contribution is 7.10. The third-order valence-electron chi connectivity index (χ3n) is 2.25. The lowest BCUT2D eigenvalue weighted by Crippen LogP contribution is -1.87. The number of nitrogens with one attached hydrogen (secondary N) is 1. The quantitative estimate of drug-likeness (QED) is 0.736. The van der Waals surface area contributed by atoms with Crippen LogP contribution >= 0.6 is 11.3 Å². The Bertz CT molecular complexity index is 318. The molecule has 0 amide bonds. The largest absolute Gasteiger partial charge is 0.460 e. The number of hydrogen-bond donors (Lipinski definition) is 1. The second kappa shape index (κ2) is 3.50. The molecule has 0 aromatic carbocycles. The highest BCUT2D eigenvalue weighted by Gasteiger charge is 2.37. The van der Waals surface area contributed by atoms with Gasteiger partial charge in [0.25, 0.3) is 0 Å². The SMILES string of the molecule is CCCCc1sccc1C1OC1=N. The zero-order chi connectivity index (χ0) is 9.26. The molecule has 1 aromatic rings. The average molecular weight is 195 g/mol. The molecule has 3 heteroatoms. The summed E-state index contributed by atoms with van der Waals surface area (Å²) in [6.07, 6.45) is 3.59. The molecule has 0 aliphatic carbocycles. The zero-order valence-corrected chi connectivity index (χ0v) is 8.49. The lowest BCUT2D eigenvalue weighted by Gasteiger charge is -1.97. The Labute approximate surface area is 82.1 Å². The fourth-order valence-corrected chi connectivity index (χ4v) is 2.37. The molecule has 13 heavy (non-hydrogen) atoms. The van der Waals surface area contributed by atoms with Gasteiger partial charge in [0.15, 0.2) is 0 Å². The van der Waals surface area contributed by atoms with Crippen LogP contribution in [-0.2, 0) is 11.2 Å². The first-order valence-electron chi connectivity index (χ1n) is 4.64. The molecule has 1 aliphatic rings. The number of thiophene rings is 1. The van der Waals surface area contributed by atoms with Gasteiger partial charge in [-0.05, 0) is 24.3 Å². The van der Waals surface area contributed by atoms with Crippen molar-refractivity contribution >= 4 is 17.2 Å². The van der Waals surface area contributed by atoms with E-state index in [1.54, 1.807) is 11.3 Å². The molecule has 1 N–H and O–H groups in total. The highest BCUT2D eigenvalue weighted by atomic mass is 32.1. The van der Waals surface area contributed by atoms with Crippen LogP contribution in [0.15, 0.2) is 11.4 Å². The van der Waals surface area contributed by atoms with Crippen LogP contribution < -0.4 is 0 Å². The lowest BCUT2D eigenvalue weighted by atomic mass is 10.1. The van der Waals surface area contributed by atoms with Gasteiger partial charge in [-0.25, -0.2) is 0 Å². The van der Waals surface area contributed by atoms with E-state index in [2.05, 4.69) is 18.4 Å². The Morgan fingerprint density at radius 3 is 3.00 bits per heavy atom. The number of unbranched alkanes of at least 4 members (excludes halogenated alkanes) is 1. The van der Waals surface area contributed by atoms with Crippen molar-refractivity contribution in [3.8, 4) is 0 Å². The van der Waals surface area contributed by atoms with Crippen LogP contribution in [0, 0.1) is 5.41 Å². The van der Waals surface area contributed by atoms with Crippen LogP contribution in [0.3, 0.4) is 0 Å². The molecule has 2 heterocycles. The predicted molar refractivity (Wildman–Crippen MR) is 54.5 cm³/mol. The van der Waals surface area contributed by atoms with Crippen LogP contribution in [0.5, 0.6) is 0 Å². The number of ether oxygens (including phenoxy) is 1. The van der Waals surface area contributed by atoms with E-state index in [0.29, 0.717) is 5.90 Å². The Balaban J connectivity index is 2.07. The van der Waals surface area contributed by atoms with Gasteiger partial charge in [-0.1, -0.05) is 13.3 Å². The van der Waals surface area contributed by atoms with E-state index in [-0.39, 0.29) is 6.10 Å². The first-order valence-corrected chi connectivity index (χ1v) is 5.52. The minimum Gasteiger partial charge on any atom is -0.460 e. The van der Waals surface area contributed by atoms with Crippen molar-refractivity contribution in [2.24, 2.45) is 0 Å². The second-order valence-electron chi connectivity index (χ2n) is 3.26. The molecule has 1 atom stereocenters. The molecule has 70 valence electrons. The van der Waals surface area contributed by atoms with E-state index in [1.807, 2.05) is 0 Å². The standard InChI is InChI=1S/C10H13NOS/c1-2-3-4-8-7(5-6-13-8)9-10(11)12-9/h5-6,9,11H,2-4H2,1H3. The van der Waals surface area contributed by atoms with Gasteiger partial charge in [0.2, 0.25) is 12.0 Å². The Kier molecular flexibility index (Phi) is 2.36.